The maximum Gasteiger partial charge on any atom is 0.186 e. The first kappa shape index (κ1) is 22.7. The Morgan fingerprint density at radius 3 is 2.30 bits per heavy atom. The summed E-state index contributed by atoms with van der Waals surface area (Å²) >= 11 is 5.86. The van der Waals surface area contributed by atoms with Gasteiger partial charge in [0.15, 0.2) is 21.4 Å². The fraction of sp³-hybridized carbons (Fsp3) is 0.333. The first-order valence-electron chi connectivity index (χ1n) is 9.14. The summed E-state index contributed by atoms with van der Waals surface area (Å²) in [6.45, 7) is 2.04. The molecule has 0 aromatic heterocycles. The van der Waals surface area contributed by atoms with Crippen molar-refractivity contribution in [2.45, 2.75) is 16.6 Å². The number of halogens is 3. The number of benzene rings is 2. The van der Waals surface area contributed by atoms with Crippen LogP contribution in [0.4, 0.5) is 8.78 Å². The molecule has 1 heterocycles. The van der Waals surface area contributed by atoms with Crippen LogP contribution in [-0.2, 0) is 9.84 Å². The predicted molar refractivity (Wildman–Crippen MR) is 108 cm³/mol. The minimum atomic E-state index is -4.30. The third kappa shape index (κ3) is 3.73. The molecule has 0 saturated carbocycles. The van der Waals surface area contributed by atoms with Crippen LogP contribution >= 0.6 is 11.6 Å². The molecule has 2 aromatic carbocycles. The van der Waals surface area contributed by atoms with E-state index in [4.69, 9.17) is 16.3 Å². The van der Waals surface area contributed by atoms with Crippen LogP contribution < -0.4 is 4.74 Å². The van der Waals surface area contributed by atoms with Crippen molar-refractivity contribution >= 4 is 21.4 Å². The summed E-state index contributed by atoms with van der Waals surface area (Å²) in [6, 6.07) is 6.98. The zero-order chi connectivity index (χ0) is 22.1. The Bertz CT molecular complexity index is 1040. The van der Waals surface area contributed by atoms with Crippen LogP contribution in [0.2, 0.25) is 5.02 Å². The summed E-state index contributed by atoms with van der Waals surface area (Å²) in [5.74, 6) is -3.43. The van der Waals surface area contributed by atoms with Crippen molar-refractivity contribution < 1.29 is 32.1 Å². The van der Waals surface area contributed by atoms with E-state index < -0.39 is 62.6 Å². The zero-order valence-corrected chi connectivity index (χ0v) is 17.5. The maximum absolute atomic E-state index is 14.9. The SMILES string of the molecule is C=CCC(CO)(CO)C1COc2c(F)ccc(F)c2C1S(=O)(=O)c1ccc(Cl)cc1. The first-order valence-corrected chi connectivity index (χ1v) is 11.1. The van der Waals surface area contributed by atoms with Crippen molar-refractivity contribution in [3.63, 3.8) is 0 Å². The van der Waals surface area contributed by atoms with Crippen molar-refractivity contribution in [3.05, 3.63) is 71.3 Å². The average molecular weight is 459 g/mol. The van der Waals surface area contributed by atoms with Gasteiger partial charge in [-0.15, -0.1) is 6.58 Å². The summed E-state index contributed by atoms with van der Waals surface area (Å²) in [4.78, 5) is -0.151. The molecule has 0 saturated heterocycles. The van der Waals surface area contributed by atoms with E-state index in [1.165, 1.54) is 30.3 Å². The second kappa shape index (κ2) is 8.63. The predicted octanol–water partition coefficient (Wildman–Crippen LogP) is 3.69. The molecule has 0 fully saturated rings. The fourth-order valence-electron chi connectivity index (χ4n) is 3.92. The molecule has 1 aliphatic heterocycles. The second-order valence-corrected chi connectivity index (χ2v) is 9.79. The van der Waals surface area contributed by atoms with Gasteiger partial charge in [0.25, 0.3) is 0 Å². The number of hydrogen-bond acceptors (Lipinski definition) is 5. The van der Waals surface area contributed by atoms with Crippen LogP contribution in [0.25, 0.3) is 0 Å². The van der Waals surface area contributed by atoms with Gasteiger partial charge in [0.05, 0.1) is 30.3 Å². The van der Waals surface area contributed by atoms with Crippen LogP contribution in [0.5, 0.6) is 5.75 Å². The van der Waals surface area contributed by atoms with E-state index in [-0.39, 0.29) is 17.9 Å². The topological polar surface area (TPSA) is 83.8 Å². The Morgan fingerprint density at radius 2 is 1.73 bits per heavy atom. The van der Waals surface area contributed by atoms with E-state index >= 15 is 0 Å². The highest BCUT2D eigenvalue weighted by atomic mass is 35.5. The van der Waals surface area contributed by atoms with Gasteiger partial charge in [-0.3, -0.25) is 0 Å². The smallest absolute Gasteiger partial charge is 0.186 e. The molecule has 2 atom stereocenters. The Morgan fingerprint density at radius 1 is 1.13 bits per heavy atom. The van der Waals surface area contributed by atoms with Gasteiger partial charge in [-0.1, -0.05) is 17.7 Å². The molecule has 0 aliphatic carbocycles. The number of hydrogen-bond donors (Lipinski definition) is 2. The third-order valence-corrected chi connectivity index (χ3v) is 8.01. The summed E-state index contributed by atoms with van der Waals surface area (Å²) in [7, 11) is -4.30. The molecular weight excluding hydrogens is 438 g/mol. The molecule has 0 bridgehead atoms. The van der Waals surface area contributed by atoms with Gasteiger partial charge >= 0.3 is 0 Å². The number of ether oxygens (including phenoxy) is 1. The zero-order valence-electron chi connectivity index (χ0n) is 15.9. The molecule has 1 aliphatic rings. The number of aliphatic hydroxyl groups excluding tert-OH is 2. The molecular formula is C21H21ClF2O5S. The van der Waals surface area contributed by atoms with Gasteiger partial charge in [-0.05, 0) is 42.8 Å². The largest absolute Gasteiger partial charge is 0.490 e. The monoisotopic (exact) mass is 458 g/mol. The molecule has 2 N–H and O–H groups in total. The van der Waals surface area contributed by atoms with Crippen molar-refractivity contribution in [1.29, 1.82) is 0 Å². The molecule has 0 radical (unpaired) electrons. The van der Waals surface area contributed by atoms with Crippen molar-refractivity contribution in [2.24, 2.45) is 11.3 Å². The molecule has 3 rings (SSSR count). The minimum absolute atomic E-state index is 0.0347. The molecule has 2 unspecified atom stereocenters. The number of rotatable bonds is 7. The average Bonchev–Trinajstić information content (AvgIpc) is 2.74. The van der Waals surface area contributed by atoms with E-state index in [0.717, 1.165) is 12.1 Å². The Kier molecular flexibility index (Phi) is 6.52. The molecule has 30 heavy (non-hydrogen) atoms. The Labute approximate surface area is 178 Å². The quantitative estimate of drug-likeness (QED) is 0.618. The van der Waals surface area contributed by atoms with Crippen LogP contribution in [0.3, 0.4) is 0 Å². The van der Waals surface area contributed by atoms with Gasteiger partial charge in [0.1, 0.15) is 11.1 Å². The van der Waals surface area contributed by atoms with Crippen LogP contribution in [0, 0.1) is 23.0 Å². The van der Waals surface area contributed by atoms with Crippen LogP contribution in [0.15, 0.2) is 53.9 Å². The van der Waals surface area contributed by atoms with Crippen molar-refractivity contribution in [2.75, 3.05) is 19.8 Å². The summed E-state index contributed by atoms with van der Waals surface area (Å²) < 4.78 is 62.0. The third-order valence-electron chi connectivity index (χ3n) is 5.60. The van der Waals surface area contributed by atoms with Gasteiger partial charge in [0, 0.05) is 16.4 Å². The number of allylic oxidation sites excluding steroid dienone is 1. The molecule has 9 heteroatoms. The van der Waals surface area contributed by atoms with E-state index in [0.29, 0.717) is 5.02 Å². The van der Waals surface area contributed by atoms with E-state index in [1.54, 1.807) is 0 Å². The van der Waals surface area contributed by atoms with Gasteiger partial charge < -0.3 is 14.9 Å². The first-order chi connectivity index (χ1) is 14.2. The molecule has 0 spiro atoms. The lowest BCUT2D eigenvalue weighted by Crippen LogP contribution is -2.47. The summed E-state index contributed by atoms with van der Waals surface area (Å²) in [6.07, 6.45) is 1.46. The highest BCUT2D eigenvalue weighted by Gasteiger charge is 2.52. The standard InChI is InChI=1S/C21H21ClF2O5S/c1-2-9-21(11-25,12-26)15-10-29-19-17(24)8-7-16(23)18(19)20(15)30(27,28)14-5-3-13(22)4-6-14/h2-8,15,20,25-26H,1,9-12H2. The molecule has 162 valence electrons. The van der Waals surface area contributed by atoms with E-state index in [9.17, 15) is 27.4 Å². The van der Waals surface area contributed by atoms with Crippen LogP contribution in [-0.4, -0.2) is 38.5 Å². The highest BCUT2D eigenvalue weighted by molar-refractivity contribution is 7.91. The summed E-state index contributed by atoms with van der Waals surface area (Å²) in [5, 5.41) is 18.9. The molecule has 2 aromatic rings. The van der Waals surface area contributed by atoms with Crippen molar-refractivity contribution in [1.82, 2.24) is 0 Å². The number of sulfone groups is 1. The lowest BCUT2D eigenvalue weighted by molar-refractivity contribution is -0.0212. The number of fused-ring (bicyclic) bond motifs is 1. The van der Waals surface area contributed by atoms with Gasteiger partial charge in [-0.2, -0.15) is 0 Å². The fourth-order valence-corrected chi connectivity index (χ4v) is 6.18. The lowest BCUT2D eigenvalue weighted by Gasteiger charge is -2.44. The maximum atomic E-state index is 14.9. The van der Waals surface area contributed by atoms with E-state index in [1.807, 2.05) is 0 Å². The van der Waals surface area contributed by atoms with Gasteiger partial charge in [0.2, 0.25) is 0 Å². The molecule has 0 amide bonds. The van der Waals surface area contributed by atoms with Crippen molar-refractivity contribution in [3.8, 4) is 5.75 Å². The Balaban J connectivity index is 2.30. The van der Waals surface area contributed by atoms with Gasteiger partial charge in [-0.25, -0.2) is 17.2 Å². The molecule has 5 nitrogen and oxygen atoms in total. The van der Waals surface area contributed by atoms with E-state index in [2.05, 4.69) is 6.58 Å². The second-order valence-electron chi connectivity index (χ2n) is 7.28. The summed E-state index contributed by atoms with van der Waals surface area (Å²) in [5.41, 5.74) is -1.85. The normalized spacial score (nSPS) is 19.1. The number of aliphatic hydroxyl groups is 2. The van der Waals surface area contributed by atoms with Crippen LogP contribution in [0.1, 0.15) is 17.2 Å². The Hall–Kier alpha value is -2.00. The lowest BCUT2D eigenvalue weighted by atomic mass is 9.70. The highest BCUT2D eigenvalue weighted by Crippen LogP contribution is 2.52. The minimum Gasteiger partial charge on any atom is -0.490 e.